The van der Waals surface area contributed by atoms with Crippen LogP contribution in [0.25, 0.3) is 6.08 Å². The number of carbonyl (C=O) groups excluding carboxylic acids is 1. The van der Waals surface area contributed by atoms with Gasteiger partial charge in [-0.05, 0) is 24.5 Å². The predicted molar refractivity (Wildman–Crippen MR) is 67.2 cm³/mol. The second kappa shape index (κ2) is 5.64. The van der Waals surface area contributed by atoms with E-state index >= 15 is 0 Å². The van der Waals surface area contributed by atoms with Gasteiger partial charge < -0.3 is 9.64 Å². The van der Waals surface area contributed by atoms with Crippen LogP contribution < -0.4 is 0 Å². The van der Waals surface area contributed by atoms with Crippen LogP contribution in [0.15, 0.2) is 36.4 Å². The number of benzene rings is 1. The molecule has 90 valence electrons. The summed E-state index contributed by atoms with van der Waals surface area (Å²) in [7, 11) is 1.65. The van der Waals surface area contributed by atoms with Crippen LogP contribution in [0.3, 0.4) is 0 Å². The first-order chi connectivity index (χ1) is 8.31. The summed E-state index contributed by atoms with van der Waals surface area (Å²) < 4.78 is 5.27. The molecule has 0 radical (unpaired) electrons. The highest BCUT2D eigenvalue weighted by Crippen LogP contribution is 2.18. The lowest BCUT2D eigenvalue weighted by atomic mass is 10.2. The molecule has 1 aliphatic rings. The van der Waals surface area contributed by atoms with Gasteiger partial charge in [0.2, 0.25) is 5.91 Å². The molecule has 1 amide bonds. The summed E-state index contributed by atoms with van der Waals surface area (Å²) in [6.45, 7) is 0.788. The van der Waals surface area contributed by atoms with Gasteiger partial charge in [0.25, 0.3) is 0 Å². The van der Waals surface area contributed by atoms with Crippen LogP contribution in [0.1, 0.15) is 18.4 Å². The van der Waals surface area contributed by atoms with E-state index in [0.717, 1.165) is 24.9 Å². The molecule has 1 saturated heterocycles. The van der Waals surface area contributed by atoms with Gasteiger partial charge in [0.15, 0.2) is 0 Å². The molecule has 0 unspecified atom stereocenters. The maximum atomic E-state index is 11.9. The van der Waals surface area contributed by atoms with Crippen LogP contribution in [0, 0.1) is 0 Å². The molecule has 2 rings (SSSR count). The van der Waals surface area contributed by atoms with Gasteiger partial charge in [-0.1, -0.05) is 30.3 Å². The molecule has 1 fully saturated rings. The number of nitrogens with zero attached hydrogens (tertiary/aromatic N) is 1. The van der Waals surface area contributed by atoms with Crippen molar-refractivity contribution in [2.24, 2.45) is 0 Å². The molecule has 17 heavy (non-hydrogen) atoms. The molecule has 0 bridgehead atoms. The third kappa shape index (κ3) is 2.94. The molecule has 1 aromatic rings. The van der Waals surface area contributed by atoms with Crippen LogP contribution in [-0.2, 0) is 9.53 Å². The minimum absolute atomic E-state index is 0.0261. The van der Waals surface area contributed by atoms with Crippen LogP contribution in [0.2, 0.25) is 0 Å². The van der Waals surface area contributed by atoms with Gasteiger partial charge in [-0.3, -0.25) is 4.79 Å². The first-order valence-electron chi connectivity index (χ1n) is 5.88. The topological polar surface area (TPSA) is 29.5 Å². The number of rotatable bonds is 3. The average Bonchev–Trinajstić information content (AvgIpc) is 2.85. The van der Waals surface area contributed by atoms with E-state index in [-0.39, 0.29) is 12.1 Å². The molecular formula is C14H17NO2. The minimum atomic E-state index is -0.0528. The second-order valence-electron chi connectivity index (χ2n) is 4.11. The summed E-state index contributed by atoms with van der Waals surface area (Å²) in [4.78, 5) is 13.7. The summed E-state index contributed by atoms with van der Waals surface area (Å²) in [5, 5.41) is 0. The SMILES string of the molecule is CO[C@@H]1CCCN1C(=O)/C=C/c1ccccc1. The quantitative estimate of drug-likeness (QED) is 0.747. The Kier molecular flexibility index (Phi) is 3.94. The minimum Gasteiger partial charge on any atom is -0.362 e. The Morgan fingerprint density at radius 1 is 1.41 bits per heavy atom. The molecule has 0 aromatic heterocycles. The number of methoxy groups -OCH3 is 1. The van der Waals surface area contributed by atoms with E-state index in [4.69, 9.17) is 4.74 Å². The molecule has 3 heteroatoms. The highest BCUT2D eigenvalue weighted by molar-refractivity contribution is 5.92. The fourth-order valence-corrected chi connectivity index (χ4v) is 2.06. The van der Waals surface area contributed by atoms with Crippen LogP contribution in [-0.4, -0.2) is 30.7 Å². The van der Waals surface area contributed by atoms with E-state index in [1.807, 2.05) is 36.4 Å². The molecule has 1 aromatic carbocycles. The molecule has 0 spiro atoms. The molecule has 0 N–H and O–H groups in total. The first-order valence-corrected chi connectivity index (χ1v) is 5.88. The number of ether oxygens (including phenoxy) is 1. The Hall–Kier alpha value is -1.61. The van der Waals surface area contributed by atoms with Crippen molar-refractivity contribution in [3.63, 3.8) is 0 Å². The summed E-state index contributed by atoms with van der Waals surface area (Å²) in [6.07, 6.45) is 5.35. The fraction of sp³-hybridized carbons (Fsp3) is 0.357. The average molecular weight is 231 g/mol. The Balaban J connectivity index is 1.99. The first kappa shape index (κ1) is 11.9. The highest BCUT2D eigenvalue weighted by atomic mass is 16.5. The molecule has 0 aliphatic carbocycles. The summed E-state index contributed by atoms with van der Waals surface area (Å²) in [6, 6.07) is 9.82. The van der Waals surface area contributed by atoms with Gasteiger partial charge in [0.1, 0.15) is 6.23 Å². The van der Waals surface area contributed by atoms with E-state index < -0.39 is 0 Å². The van der Waals surface area contributed by atoms with Crippen molar-refractivity contribution in [1.29, 1.82) is 0 Å². The van der Waals surface area contributed by atoms with Gasteiger partial charge >= 0.3 is 0 Å². The van der Waals surface area contributed by atoms with Crippen molar-refractivity contribution in [3.8, 4) is 0 Å². The number of hydrogen-bond acceptors (Lipinski definition) is 2. The Labute approximate surface area is 102 Å². The van der Waals surface area contributed by atoms with Crippen LogP contribution >= 0.6 is 0 Å². The number of carbonyl (C=O) groups is 1. The van der Waals surface area contributed by atoms with E-state index in [9.17, 15) is 4.79 Å². The fourth-order valence-electron chi connectivity index (χ4n) is 2.06. The predicted octanol–water partition coefficient (Wildman–Crippen LogP) is 2.29. The lowest BCUT2D eigenvalue weighted by Crippen LogP contribution is -2.35. The van der Waals surface area contributed by atoms with E-state index in [0.29, 0.717) is 0 Å². The third-order valence-corrected chi connectivity index (χ3v) is 2.97. The van der Waals surface area contributed by atoms with Crippen molar-refractivity contribution < 1.29 is 9.53 Å². The van der Waals surface area contributed by atoms with E-state index in [1.54, 1.807) is 18.1 Å². The monoisotopic (exact) mass is 231 g/mol. The zero-order valence-corrected chi connectivity index (χ0v) is 10.0. The van der Waals surface area contributed by atoms with Crippen molar-refractivity contribution >= 4 is 12.0 Å². The standard InChI is InChI=1S/C14H17NO2/c1-17-14-8-5-11-15(14)13(16)10-9-12-6-3-2-4-7-12/h2-4,6-7,9-10,14H,5,8,11H2,1H3/b10-9+/t14-/m1/s1. The largest absolute Gasteiger partial charge is 0.362 e. The second-order valence-corrected chi connectivity index (χ2v) is 4.11. The number of hydrogen-bond donors (Lipinski definition) is 0. The molecule has 1 atom stereocenters. The van der Waals surface area contributed by atoms with Crippen molar-refractivity contribution in [1.82, 2.24) is 4.90 Å². The zero-order valence-electron chi connectivity index (χ0n) is 10.0. The van der Waals surface area contributed by atoms with Crippen molar-refractivity contribution in [2.75, 3.05) is 13.7 Å². The van der Waals surface area contributed by atoms with Gasteiger partial charge in [-0.25, -0.2) is 0 Å². The highest BCUT2D eigenvalue weighted by Gasteiger charge is 2.26. The lowest BCUT2D eigenvalue weighted by Gasteiger charge is -2.21. The molecule has 3 nitrogen and oxygen atoms in total. The summed E-state index contributed by atoms with van der Waals surface area (Å²) in [5.41, 5.74) is 1.04. The van der Waals surface area contributed by atoms with Gasteiger partial charge in [-0.15, -0.1) is 0 Å². The molecule has 1 heterocycles. The molecule has 0 saturated carbocycles. The summed E-state index contributed by atoms with van der Waals surface area (Å²) in [5.74, 6) is 0.0261. The smallest absolute Gasteiger partial charge is 0.248 e. The molecular weight excluding hydrogens is 214 g/mol. The maximum Gasteiger partial charge on any atom is 0.248 e. The van der Waals surface area contributed by atoms with Crippen LogP contribution in [0.4, 0.5) is 0 Å². The van der Waals surface area contributed by atoms with Crippen molar-refractivity contribution in [3.05, 3.63) is 42.0 Å². The lowest BCUT2D eigenvalue weighted by molar-refractivity contribution is -0.134. The van der Waals surface area contributed by atoms with Crippen molar-refractivity contribution in [2.45, 2.75) is 19.1 Å². The summed E-state index contributed by atoms with van der Waals surface area (Å²) >= 11 is 0. The zero-order chi connectivity index (χ0) is 12.1. The maximum absolute atomic E-state index is 11.9. The Morgan fingerprint density at radius 3 is 2.88 bits per heavy atom. The normalized spacial score (nSPS) is 20.1. The number of likely N-dealkylation sites (tertiary alicyclic amines) is 1. The Morgan fingerprint density at radius 2 is 2.18 bits per heavy atom. The third-order valence-electron chi connectivity index (χ3n) is 2.97. The van der Waals surface area contributed by atoms with E-state index in [2.05, 4.69) is 0 Å². The van der Waals surface area contributed by atoms with E-state index in [1.165, 1.54) is 0 Å². The van der Waals surface area contributed by atoms with Crippen LogP contribution in [0.5, 0.6) is 0 Å². The number of amides is 1. The Bertz CT molecular complexity index is 400. The van der Waals surface area contributed by atoms with Gasteiger partial charge in [0, 0.05) is 19.7 Å². The molecule has 1 aliphatic heterocycles. The van der Waals surface area contributed by atoms with Gasteiger partial charge in [0.05, 0.1) is 0 Å². The van der Waals surface area contributed by atoms with Gasteiger partial charge in [-0.2, -0.15) is 0 Å².